The van der Waals surface area contributed by atoms with Crippen molar-refractivity contribution in [1.82, 2.24) is 0 Å². The van der Waals surface area contributed by atoms with Gasteiger partial charge in [-0.25, -0.2) is 8.42 Å². The van der Waals surface area contributed by atoms with Crippen LogP contribution in [0.3, 0.4) is 0 Å². The van der Waals surface area contributed by atoms with Gasteiger partial charge in [0.15, 0.2) is 0 Å². The van der Waals surface area contributed by atoms with E-state index in [0.29, 0.717) is 0 Å². The lowest BCUT2D eigenvalue weighted by Gasteiger charge is -2.44. The highest BCUT2D eigenvalue weighted by molar-refractivity contribution is 7.80. The predicted molar refractivity (Wildman–Crippen MR) is 126 cm³/mol. The van der Waals surface area contributed by atoms with Crippen LogP contribution in [-0.2, 0) is 20.0 Å². The fraction of sp³-hybridized carbons (Fsp3) is 0.462. The average Bonchev–Trinajstić information content (AvgIpc) is 2.91. The Morgan fingerprint density at radius 1 is 0.906 bits per heavy atom. The lowest BCUT2D eigenvalue weighted by atomic mass is 9.66. The first-order valence-electron chi connectivity index (χ1n) is 11.2. The summed E-state index contributed by atoms with van der Waals surface area (Å²) in [6.07, 6.45) is 5.32. The number of nitrogens with zero attached hydrogens (tertiary/aromatic N) is 1. The normalized spacial score (nSPS) is 24.8. The largest absolute Gasteiger partial charge is 0.726 e. The van der Waals surface area contributed by atoms with Gasteiger partial charge in [0.2, 0.25) is 10.4 Å². The summed E-state index contributed by atoms with van der Waals surface area (Å²) < 4.78 is 32.2. The zero-order chi connectivity index (χ0) is 23.3. The van der Waals surface area contributed by atoms with E-state index in [9.17, 15) is 13.0 Å². The molecule has 32 heavy (non-hydrogen) atoms. The molecule has 1 aliphatic carbocycles. The lowest BCUT2D eigenvalue weighted by molar-refractivity contribution is -0.928. The van der Waals surface area contributed by atoms with E-state index in [-0.39, 0.29) is 5.41 Å². The van der Waals surface area contributed by atoms with Gasteiger partial charge < -0.3 is 9.04 Å². The van der Waals surface area contributed by atoms with E-state index in [4.69, 9.17) is 0 Å². The minimum atomic E-state index is -4.41. The number of hydrogen-bond donors (Lipinski definition) is 0. The molecule has 5 rings (SSSR count). The van der Waals surface area contributed by atoms with Gasteiger partial charge in [0.05, 0.1) is 33.3 Å². The molecule has 2 unspecified atom stereocenters. The summed E-state index contributed by atoms with van der Waals surface area (Å²) in [6, 6.07) is 19.9. The van der Waals surface area contributed by atoms with Crippen LogP contribution in [0, 0.1) is 0 Å². The molecule has 2 aromatic rings. The molecule has 2 aliphatic heterocycles. The van der Waals surface area contributed by atoms with Crippen LogP contribution in [0.5, 0.6) is 0 Å². The van der Waals surface area contributed by atoms with E-state index in [0.717, 1.165) is 19.2 Å². The molecular weight excluding hydrogens is 422 g/mol. The van der Waals surface area contributed by atoms with Crippen molar-refractivity contribution in [3.05, 3.63) is 76.4 Å². The summed E-state index contributed by atoms with van der Waals surface area (Å²) in [5, 5.41) is 0. The van der Waals surface area contributed by atoms with Gasteiger partial charge in [-0.3, -0.25) is 4.18 Å². The highest BCUT2D eigenvalue weighted by atomic mass is 32.3. The van der Waals surface area contributed by atoms with Crippen LogP contribution in [0.25, 0.3) is 5.57 Å². The first-order chi connectivity index (χ1) is 15.0. The van der Waals surface area contributed by atoms with Gasteiger partial charge in [0.1, 0.15) is 0 Å². The lowest BCUT2D eigenvalue weighted by Crippen LogP contribution is -2.53. The molecule has 0 aromatic heterocycles. The smallest absolute Gasteiger partial charge is 0.217 e. The van der Waals surface area contributed by atoms with E-state index in [1.165, 1.54) is 52.4 Å². The van der Waals surface area contributed by atoms with Crippen molar-refractivity contribution in [3.63, 3.8) is 0 Å². The molecule has 2 heterocycles. The van der Waals surface area contributed by atoms with Crippen molar-refractivity contribution in [3.8, 4) is 0 Å². The molecule has 2 saturated heterocycles. The van der Waals surface area contributed by atoms with E-state index in [2.05, 4.69) is 80.7 Å². The van der Waals surface area contributed by atoms with Crippen LogP contribution >= 0.6 is 0 Å². The van der Waals surface area contributed by atoms with Gasteiger partial charge in [-0.15, -0.1) is 0 Å². The summed E-state index contributed by atoms with van der Waals surface area (Å²) in [6.45, 7) is 4.77. The molecule has 2 aromatic carbocycles. The van der Waals surface area contributed by atoms with Crippen molar-refractivity contribution < 1.29 is 21.6 Å². The van der Waals surface area contributed by atoms with Crippen molar-refractivity contribution in [2.75, 3.05) is 21.2 Å². The Kier molecular flexibility index (Phi) is 5.87. The van der Waals surface area contributed by atoms with E-state index in [1.54, 1.807) is 11.1 Å². The van der Waals surface area contributed by atoms with Gasteiger partial charge in [-0.05, 0) is 33.4 Å². The Hall–Kier alpha value is -1.99. The van der Waals surface area contributed by atoms with Crippen molar-refractivity contribution in [1.29, 1.82) is 0 Å². The third-order valence-electron chi connectivity index (χ3n) is 7.98. The Bertz CT molecular complexity index is 1090. The molecule has 2 fully saturated rings. The summed E-state index contributed by atoms with van der Waals surface area (Å²) in [4.78, 5) is 0. The fourth-order valence-electron chi connectivity index (χ4n) is 6.04. The zero-order valence-corrected chi connectivity index (χ0v) is 20.4. The first kappa shape index (κ1) is 23.2. The monoisotopic (exact) mass is 455 g/mol. The molecule has 0 saturated carbocycles. The maximum Gasteiger partial charge on any atom is 0.217 e. The second kappa shape index (κ2) is 8.10. The molecule has 2 atom stereocenters. The summed E-state index contributed by atoms with van der Waals surface area (Å²) >= 11 is 0. The molecule has 0 amide bonds. The number of rotatable bonds is 1. The van der Waals surface area contributed by atoms with Crippen LogP contribution in [0.1, 0.15) is 61.8 Å². The van der Waals surface area contributed by atoms with Gasteiger partial charge in [-0.2, -0.15) is 0 Å². The third-order valence-corrected chi connectivity index (χ3v) is 8.38. The van der Waals surface area contributed by atoms with Gasteiger partial charge in [0.25, 0.3) is 0 Å². The molecule has 6 heteroatoms. The van der Waals surface area contributed by atoms with Crippen LogP contribution in [0.4, 0.5) is 0 Å². The van der Waals surface area contributed by atoms with Crippen molar-refractivity contribution >= 4 is 16.0 Å². The van der Waals surface area contributed by atoms with Gasteiger partial charge in [0, 0.05) is 31.1 Å². The number of piperidine rings is 1. The highest BCUT2D eigenvalue weighted by Gasteiger charge is 2.48. The third kappa shape index (κ3) is 3.94. The number of hydrogen-bond acceptors (Lipinski definition) is 4. The molecule has 0 N–H and O–H groups in total. The van der Waals surface area contributed by atoms with Crippen molar-refractivity contribution in [2.45, 2.75) is 57.0 Å². The molecule has 172 valence electrons. The predicted octanol–water partition coefficient (Wildman–Crippen LogP) is 4.62. The van der Waals surface area contributed by atoms with E-state index in [1.807, 2.05) is 0 Å². The molecule has 2 bridgehead atoms. The van der Waals surface area contributed by atoms with E-state index < -0.39 is 10.4 Å². The average molecular weight is 456 g/mol. The maximum absolute atomic E-state index is 9.22. The maximum atomic E-state index is 9.22. The standard InChI is InChI=1S/C25H30N.CH4O4S/c1-25(2)22-11-7-5-9-20(22)24(21-10-6-8-12-23(21)25)17-15-18-13-14-19(16-17)26(18,3)4;1-5-6(2,3)4/h5-12,18-19H,13-16H2,1-4H3;1H3,(H,2,3,4)/q+1;/p-1. The molecule has 3 aliphatic rings. The van der Waals surface area contributed by atoms with Gasteiger partial charge >= 0.3 is 0 Å². The zero-order valence-electron chi connectivity index (χ0n) is 19.6. The number of quaternary nitrogens is 1. The van der Waals surface area contributed by atoms with Crippen LogP contribution < -0.4 is 0 Å². The molecule has 5 nitrogen and oxygen atoms in total. The summed E-state index contributed by atoms with van der Waals surface area (Å²) in [5.74, 6) is 0. The fourth-order valence-corrected chi connectivity index (χ4v) is 6.04. The first-order valence-corrected chi connectivity index (χ1v) is 12.6. The van der Waals surface area contributed by atoms with Gasteiger partial charge in [-0.1, -0.05) is 62.4 Å². The van der Waals surface area contributed by atoms with Crippen LogP contribution in [0.15, 0.2) is 54.1 Å². The molecular formula is C26H33NO4S. The Balaban J connectivity index is 0.000000363. The highest BCUT2D eigenvalue weighted by Crippen LogP contribution is 2.51. The van der Waals surface area contributed by atoms with Crippen LogP contribution in [0.2, 0.25) is 0 Å². The molecule has 0 spiro atoms. The second-order valence-electron chi connectivity index (χ2n) is 10.2. The Labute approximate surface area is 192 Å². The van der Waals surface area contributed by atoms with E-state index >= 15 is 0 Å². The van der Waals surface area contributed by atoms with Crippen molar-refractivity contribution in [2.24, 2.45) is 0 Å². The summed E-state index contributed by atoms with van der Waals surface area (Å²) in [5.41, 5.74) is 9.30. The topological polar surface area (TPSA) is 66.4 Å². The quantitative estimate of drug-likeness (QED) is 0.357. The second-order valence-corrected chi connectivity index (χ2v) is 11.3. The van der Waals surface area contributed by atoms with Crippen LogP contribution in [-0.4, -0.2) is 50.7 Å². The number of benzene rings is 2. The Morgan fingerprint density at radius 3 is 1.72 bits per heavy atom. The SMILES string of the molecule is CC1(C)c2ccccc2C(=C2CC3CCC(C2)[N+]3(C)C)c2ccccc21.COS(=O)(=O)[O-]. The minimum Gasteiger partial charge on any atom is -0.726 e. The minimum absolute atomic E-state index is 0.0697. The number of fused-ring (bicyclic) bond motifs is 4. The Morgan fingerprint density at radius 2 is 1.31 bits per heavy atom. The summed E-state index contributed by atoms with van der Waals surface area (Å²) in [7, 11) is 1.30. The molecule has 0 radical (unpaired) electrons.